The average Bonchev–Trinajstić information content (AvgIpc) is 2.67. The zero-order chi connectivity index (χ0) is 19.1. The van der Waals surface area contributed by atoms with Gasteiger partial charge in [0.2, 0.25) is 0 Å². The highest BCUT2D eigenvalue weighted by Gasteiger charge is 2.21. The number of unbranched alkanes of at least 4 members (excludes halogenated alkanes) is 1. The smallest absolute Gasteiger partial charge is 0.0742 e. The summed E-state index contributed by atoms with van der Waals surface area (Å²) in [4.78, 5) is 4.81. The van der Waals surface area contributed by atoms with Crippen LogP contribution in [-0.4, -0.2) is 64.1 Å². The van der Waals surface area contributed by atoms with Crippen molar-refractivity contribution in [2.75, 3.05) is 57.9 Å². The third-order valence-corrected chi connectivity index (χ3v) is 6.03. The molecule has 0 N–H and O–H groups in total. The fourth-order valence-corrected chi connectivity index (χ4v) is 4.52. The zero-order valence-corrected chi connectivity index (χ0v) is 17.7. The lowest BCUT2D eigenvalue weighted by Crippen LogP contribution is -2.43. The van der Waals surface area contributed by atoms with Crippen molar-refractivity contribution in [3.63, 3.8) is 0 Å². The van der Waals surface area contributed by atoms with Gasteiger partial charge in [0.15, 0.2) is 0 Å². The van der Waals surface area contributed by atoms with Gasteiger partial charge in [0.1, 0.15) is 0 Å². The first-order chi connectivity index (χ1) is 13.2. The van der Waals surface area contributed by atoms with E-state index in [1.807, 2.05) is 0 Å². The first kappa shape index (κ1) is 20.9. The highest BCUT2D eigenvalue weighted by atomic mass is 35.5. The zero-order valence-electron chi connectivity index (χ0n) is 17.0. The number of benzene rings is 1. The van der Waals surface area contributed by atoms with Gasteiger partial charge in [-0.15, -0.1) is 0 Å². The molecule has 27 heavy (non-hydrogen) atoms. The Morgan fingerprint density at radius 2 is 2.19 bits per heavy atom. The number of halogens is 1. The van der Waals surface area contributed by atoms with Gasteiger partial charge in [-0.2, -0.15) is 0 Å². The van der Waals surface area contributed by atoms with Gasteiger partial charge in [-0.25, -0.2) is 0 Å². The Morgan fingerprint density at radius 3 is 2.93 bits per heavy atom. The summed E-state index contributed by atoms with van der Waals surface area (Å²) < 4.78 is 11.6. The number of ether oxygens (including phenoxy) is 2. The Morgan fingerprint density at radius 1 is 1.30 bits per heavy atom. The van der Waals surface area contributed by atoms with Crippen molar-refractivity contribution in [3.05, 3.63) is 28.8 Å². The Kier molecular flexibility index (Phi) is 8.25. The van der Waals surface area contributed by atoms with Gasteiger partial charge in [-0.05, 0) is 55.8 Å². The van der Waals surface area contributed by atoms with E-state index in [0.717, 1.165) is 56.6 Å². The Balaban J connectivity index is 1.54. The van der Waals surface area contributed by atoms with Crippen LogP contribution in [0.15, 0.2) is 18.2 Å². The maximum atomic E-state index is 6.63. The molecule has 2 atom stereocenters. The molecule has 2 saturated heterocycles. The molecule has 0 aliphatic carbocycles. The van der Waals surface area contributed by atoms with Crippen molar-refractivity contribution in [2.45, 2.75) is 45.1 Å². The van der Waals surface area contributed by atoms with Gasteiger partial charge in [-0.1, -0.05) is 31.0 Å². The molecule has 2 fully saturated rings. The van der Waals surface area contributed by atoms with Gasteiger partial charge in [-0.3, -0.25) is 4.90 Å². The Bertz CT molecular complexity index is 577. The molecule has 4 nitrogen and oxygen atoms in total. The molecule has 0 saturated carbocycles. The van der Waals surface area contributed by atoms with Gasteiger partial charge >= 0.3 is 0 Å². The summed E-state index contributed by atoms with van der Waals surface area (Å²) in [5.41, 5.74) is 2.38. The third-order valence-electron chi connectivity index (χ3n) is 5.72. The van der Waals surface area contributed by atoms with E-state index in [4.69, 9.17) is 21.1 Å². The molecule has 0 amide bonds. The van der Waals surface area contributed by atoms with Crippen LogP contribution in [0.2, 0.25) is 5.02 Å². The molecular weight excluding hydrogens is 360 g/mol. The van der Waals surface area contributed by atoms with Crippen LogP contribution in [-0.2, 0) is 15.9 Å². The van der Waals surface area contributed by atoms with E-state index in [-0.39, 0.29) is 6.10 Å². The molecule has 2 aliphatic heterocycles. The van der Waals surface area contributed by atoms with Gasteiger partial charge in [0, 0.05) is 33.3 Å². The molecule has 1 unspecified atom stereocenters. The SMILES string of the molecule is CCCCN1CCOC(Cc2ccc(N(C)C[C@H]3CCCOC3)c(Cl)c2)C1. The molecule has 1 aromatic rings. The van der Waals surface area contributed by atoms with E-state index in [1.165, 1.54) is 37.8 Å². The largest absolute Gasteiger partial charge is 0.381 e. The standard InChI is InChI=1S/C22H35ClN2O2/c1-3-4-9-25-10-12-27-20(16-25)13-18-7-8-22(21(23)14-18)24(2)15-19-6-5-11-26-17-19/h7-8,14,19-20H,3-6,9-13,15-17H2,1-2H3/t19-,20?/m1/s1. The first-order valence-corrected chi connectivity index (χ1v) is 10.9. The van der Waals surface area contributed by atoms with Crippen molar-refractivity contribution in [1.29, 1.82) is 0 Å². The maximum absolute atomic E-state index is 6.63. The van der Waals surface area contributed by atoms with E-state index in [0.29, 0.717) is 5.92 Å². The summed E-state index contributed by atoms with van der Waals surface area (Å²) in [5.74, 6) is 0.601. The molecule has 3 rings (SSSR count). The van der Waals surface area contributed by atoms with Crippen molar-refractivity contribution >= 4 is 17.3 Å². The molecule has 2 aliphatic rings. The summed E-state index contributed by atoms with van der Waals surface area (Å²) in [6, 6.07) is 6.50. The monoisotopic (exact) mass is 394 g/mol. The molecule has 0 radical (unpaired) electrons. The molecule has 2 heterocycles. The van der Waals surface area contributed by atoms with Gasteiger partial charge < -0.3 is 14.4 Å². The summed E-state index contributed by atoms with van der Waals surface area (Å²) >= 11 is 6.63. The minimum Gasteiger partial charge on any atom is -0.381 e. The number of hydrogen-bond acceptors (Lipinski definition) is 4. The topological polar surface area (TPSA) is 24.9 Å². The van der Waals surface area contributed by atoms with Crippen LogP contribution in [0.25, 0.3) is 0 Å². The van der Waals surface area contributed by atoms with Crippen LogP contribution in [0.3, 0.4) is 0 Å². The van der Waals surface area contributed by atoms with Crippen LogP contribution in [0.4, 0.5) is 5.69 Å². The average molecular weight is 395 g/mol. The molecular formula is C22H35ClN2O2. The van der Waals surface area contributed by atoms with Crippen molar-refractivity contribution in [1.82, 2.24) is 4.90 Å². The second-order valence-electron chi connectivity index (χ2n) is 8.10. The number of morpholine rings is 1. The number of anilines is 1. The molecule has 152 valence electrons. The van der Waals surface area contributed by atoms with Crippen molar-refractivity contribution in [3.8, 4) is 0 Å². The molecule has 5 heteroatoms. The summed E-state index contributed by atoms with van der Waals surface area (Å²) in [6.45, 7) is 9.14. The van der Waals surface area contributed by atoms with E-state index in [9.17, 15) is 0 Å². The number of hydrogen-bond donors (Lipinski definition) is 0. The highest BCUT2D eigenvalue weighted by molar-refractivity contribution is 6.33. The van der Waals surface area contributed by atoms with E-state index in [1.54, 1.807) is 0 Å². The third kappa shape index (κ3) is 6.35. The normalized spacial score (nSPS) is 24.1. The fraction of sp³-hybridized carbons (Fsp3) is 0.727. The first-order valence-electron chi connectivity index (χ1n) is 10.6. The Hall–Kier alpha value is -0.810. The molecule has 0 bridgehead atoms. The predicted octanol–water partition coefficient (Wildman–Crippen LogP) is 4.25. The fourth-order valence-electron chi connectivity index (χ4n) is 4.18. The van der Waals surface area contributed by atoms with Crippen molar-refractivity contribution in [2.24, 2.45) is 5.92 Å². The summed E-state index contributed by atoms with van der Waals surface area (Å²) in [6.07, 6.45) is 6.14. The van der Waals surface area contributed by atoms with Gasteiger partial charge in [0.05, 0.1) is 30.0 Å². The van der Waals surface area contributed by atoms with Crippen LogP contribution in [0.1, 0.15) is 38.2 Å². The second-order valence-corrected chi connectivity index (χ2v) is 8.51. The predicted molar refractivity (Wildman–Crippen MR) is 113 cm³/mol. The minimum atomic E-state index is 0.273. The lowest BCUT2D eigenvalue weighted by Gasteiger charge is -2.33. The minimum absolute atomic E-state index is 0.273. The lowest BCUT2D eigenvalue weighted by molar-refractivity contribution is -0.0278. The van der Waals surface area contributed by atoms with Gasteiger partial charge in [0.25, 0.3) is 0 Å². The highest BCUT2D eigenvalue weighted by Crippen LogP contribution is 2.28. The van der Waals surface area contributed by atoms with Crippen LogP contribution in [0, 0.1) is 5.92 Å². The van der Waals surface area contributed by atoms with Crippen molar-refractivity contribution < 1.29 is 9.47 Å². The second kappa shape index (κ2) is 10.7. The molecule has 0 aromatic heterocycles. The molecule has 0 spiro atoms. The number of nitrogens with zero attached hydrogens (tertiary/aromatic N) is 2. The quantitative estimate of drug-likeness (QED) is 0.658. The Labute approximate surface area is 169 Å². The maximum Gasteiger partial charge on any atom is 0.0742 e. The molecule has 1 aromatic carbocycles. The van der Waals surface area contributed by atoms with E-state index >= 15 is 0 Å². The van der Waals surface area contributed by atoms with E-state index in [2.05, 4.69) is 42.0 Å². The van der Waals surface area contributed by atoms with Crippen LogP contribution in [0.5, 0.6) is 0 Å². The van der Waals surface area contributed by atoms with E-state index < -0.39 is 0 Å². The number of rotatable bonds is 8. The summed E-state index contributed by atoms with van der Waals surface area (Å²) in [5, 5.41) is 0.838. The van der Waals surface area contributed by atoms with Crippen LogP contribution >= 0.6 is 11.6 Å². The van der Waals surface area contributed by atoms with Crippen LogP contribution < -0.4 is 4.90 Å². The summed E-state index contributed by atoms with van der Waals surface area (Å²) in [7, 11) is 2.13. The lowest BCUT2D eigenvalue weighted by atomic mass is 10.0.